The SMILES string of the molecule is Cl.NCC(=O)N1CCOC(c2ccc(Cl)c(Cl)c2)C1. The monoisotopic (exact) mass is 324 g/mol. The summed E-state index contributed by atoms with van der Waals surface area (Å²) < 4.78 is 5.65. The highest BCUT2D eigenvalue weighted by Gasteiger charge is 2.24. The third-order valence-electron chi connectivity index (χ3n) is 2.91. The van der Waals surface area contributed by atoms with Crippen LogP contribution in [-0.2, 0) is 9.53 Å². The molecule has 19 heavy (non-hydrogen) atoms. The van der Waals surface area contributed by atoms with E-state index in [1.54, 1.807) is 17.0 Å². The van der Waals surface area contributed by atoms with Gasteiger partial charge in [-0.2, -0.15) is 0 Å². The van der Waals surface area contributed by atoms with E-state index in [9.17, 15) is 4.79 Å². The maximum absolute atomic E-state index is 11.6. The Labute approximate surface area is 128 Å². The van der Waals surface area contributed by atoms with Gasteiger partial charge in [-0.15, -0.1) is 12.4 Å². The highest BCUT2D eigenvalue weighted by Crippen LogP contribution is 2.28. The number of carbonyl (C=O) groups excluding carboxylic acids is 1. The van der Waals surface area contributed by atoms with Crippen molar-refractivity contribution in [3.05, 3.63) is 33.8 Å². The molecule has 2 N–H and O–H groups in total. The smallest absolute Gasteiger partial charge is 0.236 e. The molecule has 1 unspecified atom stereocenters. The van der Waals surface area contributed by atoms with Crippen molar-refractivity contribution < 1.29 is 9.53 Å². The molecule has 106 valence electrons. The van der Waals surface area contributed by atoms with E-state index in [-0.39, 0.29) is 31.0 Å². The third-order valence-corrected chi connectivity index (χ3v) is 3.65. The summed E-state index contributed by atoms with van der Waals surface area (Å²) in [6.07, 6.45) is -0.177. The van der Waals surface area contributed by atoms with Crippen molar-refractivity contribution in [1.82, 2.24) is 4.90 Å². The van der Waals surface area contributed by atoms with Crippen LogP contribution in [0.15, 0.2) is 18.2 Å². The van der Waals surface area contributed by atoms with E-state index in [0.717, 1.165) is 5.56 Å². The maximum atomic E-state index is 11.6. The van der Waals surface area contributed by atoms with Gasteiger partial charge in [-0.25, -0.2) is 0 Å². The molecule has 0 radical (unpaired) electrons. The number of nitrogens with two attached hydrogens (primary N) is 1. The average Bonchev–Trinajstić information content (AvgIpc) is 2.41. The van der Waals surface area contributed by atoms with Crippen LogP contribution in [0.4, 0.5) is 0 Å². The highest BCUT2D eigenvalue weighted by molar-refractivity contribution is 6.42. The molecule has 0 aliphatic carbocycles. The second-order valence-electron chi connectivity index (χ2n) is 4.08. The molecule has 0 saturated carbocycles. The normalized spacial score (nSPS) is 18.9. The van der Waals surface area contributed by atoms with E-state index in [1.807, 2.05) is 6.07 Å². The van der Waals surface area contributed by atoms with Crippen LogP contribution >= 0.6 is 35.6 Å². The van der Waals surface area contributed by atoms with Crippen molar-refractivity contribution in [2.45, 2.75) is 6.10 Å². The topological polar surface area (TPSA) is 55.6 Å². The van der Waals surface area contributed by atoms with Crippen LogP contribution in [0.25, 0.3) is 0 Å². The third kappa shape index (κ3) is 3.97. The van der Waals surface area contributed by atoms with Crippen molar-refractivity contribution in [1.29, 1.82) is 0 Å². The number of halogens is 3. The quantitative estimate of drug-likeness (QED) is 0.907. The van der Waals surface area contributed by atoms with Crippen LogP contribution in [-0.4, -0.2) is 37.0 Å². The molecule has 1 amide bonds. The molecule has 0 spiro atoms. The van der Waals surface area contributed by atoms with Gasteiger partial charge in [-0.1, -0.05) is 29.3 Å². The highest BCUT2D eigenvalue weighted by atomic mass is 35.5. The molecule has 1 fully saturated rings. The molecule has 1 saturated heterocycles. The predicted octanol–water partition coefficient (Wildman–Crippen LogP) is 2.27. The summed E-state index contributed by atoms with van der Waals surface area (Å²) in [7, 11) is 0. The van der Waals surface area contributed by atoms with E-state index < -0.39 is 0 Å². The molecule has 1 heterocycles. The van der Waals surface area contributed by atoms with E-state index in [0.29, 0.717) is 29.7 Å². The molecule has 1 aliphatic heterocycles. The lowest BCUT2D eigenvalue weighted by atomic mass is 10.1. The zero-order valence-corrected chi connectivity index (χ0v) is 12.5. The van der Waals surface area contributed by atoms with Crippen LogP contribution < -0.4 is 5.73 Å². The molecule has 1 aromatic carbocycles. The fourth-order valence-electron chi connectivity index (χ4n) is 1.92. The molecule has 2 rings (SSSR count). The Morgan fingerprint density at radius 3 is 2.79 bits per heavy atom. The number of ether oxygens (including phenoxy) is 1. The van der Waals surface area contributed by atoms with Gasteiger partial charge in [0.1, 0.15) is 6.10 Å². The minimum absolute atomic E-state index is 0. The first-order valence-electron chi connectivity index (χ1n) is 5.66. The molecule has 1 aliphatic rings. The van der Waals surface area contributed by atoms with Crippen molar-refractivity contribution in [3.63, 3.8) is 0 Å². The zero-order chi connectivity index (χ0) is 13.1. The Morgan fingerprint density at radius 2 is 2.16 bits per heavy atom. The van der Waals surface area contributed by atoms with Crippen LogP contribution in [0.1, 0.15) is 11.7 Å². The number of hydrogen-bond acceptors (Lipinski definition) is 3. The standard InChI is InChI=1S/C12H14Cl2N2O2.ClH/c13-9-2-1-8(5-10(9)14)11-7-16(3-4-18-11)12(17)6-15;/h1-2,5,11H,3-4,6-7,15H2;1H. The minimum atomic E-state index is -0.177. The number of rotatable bonds is 2. The largest absolute Gasteiger partial charge is 0.370 e. The Morgan fingerprint density at radius 1 is 1.42 bits per heavy atom. The number of benzene rings is 1. The van der Waals surface area contributed by atoms with Gasteiger partial charge >= 0.3 is 0 Å². The number of morpholine rings is 1. The molecule has 0 bridgehead atoms. The van der Waals surface area contributed by atoms with Gasteiger partial charge in [0.05, 0.1) is 29.7 Å². The summed E-state index contributed by atoms with van der Waals surface area (Å²) in [4.78, 5) is 13.3. The first-order chi connectivity index (χ1) is 8.61. The van der Waals surface area contributed by atoms with Crippen molar-refractivity contribution in [2.24, 2.45) is 5.73 Å². The van der Waals surface area contributed by atoms with Gasteiger partial charge in [0.15, 0.2) is 0 Å². The summed E-state index contributed by atoms with van der Waals surface area (Å²) in [5.74, 6) is -0.0663. The van der Waals surface area contributed by atoms with Gasteiger partial charge in [-0.3, -0.25) is 4.79 Å². The molecular weight excluding hydrogens is 311 g/mol. The van der Waals surface area contributed by atoms with Crippen LogP contribution in [0, 0.1) is 0 Å². The number of hydrogen-bond donors (Lipinski definition) is 1. The number of amides is 1. The lowest BCUT2D eigenvalue weighted by Gasteiger charge is -2.33. The van der Waals surface area contributed by atoms with Gasteiger partial charge in [0.25, 0.3) is 0 Å². The lowest BCUT2D eigenvalue weighted by Crippen LogP contribution is -2.44. The summed E-state index contributed by atoms with van der Waals surface area (Å²) in [5, 5.41) is 0.992. The average molecular weight is 326 g/mol. The first-order valence-corrected chi connectivity index (χ1v) is 6.42. The van der Waals surface area contributed by atoms with Crippen molar-refractivity contribution in [2.75, 3.05) is 26.2 Å². The second kappa shape index (κ2) is 7.31. The van der Waals surface area contributed by atoms with Crippen molar-refractivity contribution in [3.8, 4) is 0 Å². The number of carbonyl (C=O) groups is 1. The summed E-state index contributed by atoms with van der Waals surface area (Å²) in [6, 6.07) is 5.35. The van der Waals surface area contributed by atoms with Gasteiger partial charge in [0, 0.05) is 6.54 Å². The zero-order valence-electron chi connectivity index (χ0n) is 10.1. The summed E-state index contributed by atoms with van der Waals surface area (Å²) in [5.41, 5.74) is 6.28. The summed E-state index contributed by atoms with van der Waals surface area (Å²) in [6.45, 7) is 1.59. The molecule has 7 heteroatoms. The number of nitrogens with zero attached hydrogens (tertiary/aromatic N) is 1. The van der Waals surface area contributed by atoms with E-state index >= 15 is 0 Å². The van der Waals surface area contributed by atoms with Crippen molar-refractivity contribution >= 4 is 41.5 Å². The summed E-state index contributed by atoms with van der Waals surface area (Å²) >= 11 is 11.8. The van der Waals surface area contributed by atoms with E-state index in [1.165, 1.54) is 0 Å². The molecule has 1 aromatic rings. The van der Waals surface area contributed by atoms with E-state index in [2.05, 4.69) is 0 Å². The Hall–Kier alpha value is -0.520. The second-order valence-corrected chi connectivity index (χ2v) is 4.89. The Balaban J connectivity index is 0.00000180. The minimum Gasteiger partial charge on any atom is -0.370 e. The maximum Gasteiger partial charge on any atom is 0.236 e. The van der Waals surface area contributed by atoms with Crippen LogP contribution in [0.2, 0.25) is 10.0 Å². The Kier molecular flexibility index (Phi) is 6.36. The molecular formula is C12H15Cl3N2O2. The molecule has 4 nitrogen and oxygen atoms in total. The predicted molar refractivity (Wildman–Crippen MR) is 78.0 cm³/mol. The molecule has 1 atom stereocenters. The molecule has 0 aromatic heterocycles. The van der Waals surface area contributed by atoms with Gasteiger partial charge < -0.3 is 15.4 Å². The first kappa shape index (κ1) is 16.5. The van der Waals surface area contributed by atoms with Gasteiger partial charge in [0.2, 0.25) is 5.91 Å². The van der Waals surface area contributed by atoms with Crippen LogP contribution in [0.3, 0.4) is 0 Å². The van der Waals surface area contributed by atoms with Gasteiger partial charge in [-0.05, 0) is 17.7 Å². The lowest BCUT2D eigenvalue weighted by molar-refractivity contribution is -0.137. The van der Waals surface area contributed by atoms with Crippen LogP contribution in [0.5, 0.6) is 0 Å². The fraction of sp³-hybridized carbons (Fsp3) is 0.417. The fourth-order valence-corrected chi connectivity index (χ4v) is 2.23. The Bertz CT molecular complexity index is 457. The van der Waals surface area contributed by atoms with E-state index in [4.69, 9.17) is 33.7 Å².